The Hall–Kier alpha value is -2.11. The number of hydrogen-bond donors (Lipinski definition) is 1. The fraction of sp³-hybridized carbons (Fsp3) is 0.353. The minimum absolute atomic E-state index is 0.0213. The fourth-order valence-electron chi connectivity index (χ4n) is 2.82. The zero-order chi connectivity index (χ0) is 15.4. The first-order valence-corrected chi connectivity index (χ1v) is 7.60. The largest absolute Gasteiger partial charge is 0.459 e. The summed E-state index contributed by atoms with van der Waals surface area (Å²) in [4.78, 5) is 16.4. The van der Waals surface area contributed by atoms with Gasteiger partial charge in [-0.2, -0.15) is 0 Å². The van der Waals surface area contributed by atoms with Crippen molar-refractivity contribution in [3.8, 4) is 0 Å². The molecule has 1 aromatic carbocycles. The molecule has 1 aromatic heterocycles. The summed E-state index contributed by atoms with van der Waals surface area (Å²) in [6.45, 7) is 4.63. The van der Waals surface area contributed by atoms with E-state index in [9.17, 15) is 4.79 Å². The summed E-state index contributed by atoms with van der Waals surface area (Å²) in [5, 5.41) is 0. The minimum Gasteiger partial charge on any atom is -0.459 e. The number of nitrogens with two attached hydrogens (primary N) is 1. The average molecular weight is 299 g/mol. The Kier molecular flexibility index (Phi) is 4.56. The number of hydrogen-bond acceptors (Lipinski definition) is 4. The molecule has 2 aromatic rings. The molecule has 0 radical (unpaired) electrons. The number of benzene rings is 1. The molecule has 0 unspecified atom stereocenters. The van der Waals surface area contributed by atoms with Crippen LogP contribution in [-0.4, -0.2) is 41.9 Å². The molecule has 1 aliphatic rings. The van der Waals surface area contributed by atoms with Crippen molar-refractivity contribution in [2.75, 3.05) is 26.2 Å². The molecule has 2 N–H and O–H groups in total. The molecule has 2 heterocycles. The van der Waals surface area contributed by atoms with Crippen LogP contribution in [0, 0.1) is 0 Å². The molecule has 116 valence electrons. The van der Waals surface area contributed by atoms with Crippen LogP contribution in [0.2, 0.25) is 0 Å². The lowest BCUT2D eigenvalue weighted by Crippen LogP contribution is -2.48. The zero-order valence-corrected chi connectivity index (χ0v) is 12.6. The Morgan fingerprint density at radius 3 is 2.41 bits per heavy atom. The third-order valence-corrected chi connectivity index (χ3v) is 4.12. The second-order valence-corrected chi connectivity index (χ2v) is 5.52. The molecule has 5 nitrogen and oxygen atoms in total. The van der Waals surface area contributed by atoms with Crippen LogP contribution in [0.3, 0.4) is 0 Å². The highest BCUT2D eigenvalue weighted by Gasteiger charge is 2.23. The van der Waals surface area contributed by atoms with E-state index in [4.69, 9.17) is 10.2 Å². The van der Waals surface area contributed by atoms with Crippen LogP contribution in [0.15, 0.2) is 47.1 Å². The van der Waals surface area contributed by atoms with Crippen LogP contribution in [0.25, 0.3) is 0 Å². The van der Waals surface area contributed by atoms with Gasteiger partial charge in [-0.3, -0.25) is 9.69 Å². The number of carbonyl (C=O) groups is 1. The summed E-state index contributed by atoms with van der Waals surface area (Å²) in [5.74, 6) is 0.397. The number of carbonyl (C=O) groups excluding carboxylic acids is 1. The lowest BCUT2D eigenvalue weighted by atomic mass is 10.1. The number of furan rings is 1. The highest BCUT2D eigenvalue weighted by molar-refractivity contribution is 5.91. The maximum Gasteiger partial charge on any atom is 0.289 e. The van der Waals surface area contributed by atoms with E-state index in [0.717, 1.165) is 32.7 Å². The molecule has 5 heteroatoms. The van der Waals surface area contributed by atoms with Gasteiger partial charge in [0.15, 0.2) is 5.76 Å². The summed E-state index contributed by atoms with van der Waals surface area (Å²) in [5.41, 5.74) is 8.26. The normalized spacial score (nSPS) is 16.0. The van der Waals surface area contributed by atoms with Crippen molar-refractivity contribution >= 4 is 5.91 Å². The number of nitrogens with zero attached hydrogens (tertiary/aromatic N) is 2. The lowest BCUT2D eigenvalue weighted by Gasteiger charge is -2.34. The summed E-state index contributed by atoms with van der Waals surface area (Å²) in [6, 6.07) is 11.7. The van der Waals surface area contributed by atoms with Gasteiger partial charge in [-0.05, 0) is 23.3 Å². The Bertz CT molecular complexity index is 617. The van der Waals surface area contributed by atoms with Gasteiger partial charge in [0, 0.05) is 39.3 Å². The minimum atomic E-state index is -0.0213. The summed E-state index contributed by atoms with van der Waals surface area (Å²) < 4.78 is 5.18. The molecule has 1 amide bonds. The quantitative estimate of drug-likeness (QED) is 0.933. The van der Waals surface area contributed by atoms with Gasteiger partial charge in [0.05, 0.1) is 6.26 Å². The molecule has 1 aliphatic heterocycles. The highest BCUT2D eigenvalue weighted by Crippen LogP contribution is 2.14. The lowest BCUT2D eigenvalue weighted by molar-refractivity contribution is 0.0597. The number of rotatable bonds is 4. The van der Waals surface area contributed by atoms with E-state index in [-0.39, 0.29) is 5.91 Å². The van der Waals surface area contributed by atoms with Crippen molar-refractivity contribution in [3.63, 3.8) is 0 Å². The summed E-state index contributed by atoms with van der Waals surface area (Å²) >= 11 is 0. The predicted octanol–water partition coefficient (Wildman–Crippen LogP) is 1.70. The van der Waals surface area contributed by atoms with Crippen molar-refractivity contribution in [1.29, 1.82) is 0 Å². The number of amides is 1. The Morgan fingerprint density at radius 1 is 1.05 bits per heavy atom. The maximum atomic E-state index is 12.2. The average Bonchev–Trinajstić information content (AvgIpc) is 3.10. The Labute approximate surface area is 130 Å². The van der Waals surface area contributed by atoms with E-state index < -0.39 is 0 Å². The zero-order valence-electron chi connectivity index (χ0n) is 12.6. The van der Waals surface area contributed by atoms with Gasteiger partial charge >= 0.3 is 0 Å². The molecular weight excluding hydrogens is 278 g/mol. The summed E-state index contributed by atoms with van der Waals surface area (Å²) in [7, 11) is 0. The van der Waals surface area contributed by atoms with Gasteiger partial charge in [-0.1, -0.05) is 24.3 Å². The molecule has 0 bridgehead atoms. The predicted molar refractivity (Wildman–Crippen MR) is 84.2 cm³/mol. The molecule has 0 aliphatic carbocycles. The second-order valence-electron chi connectivity index (χ2n) is 5.52. The smallest absolute Gasteiger partial charge is 0.289 e. The van der Waals surface area contributed by atoms with Gasteiger partial charge in [-0.25, -0.2) is 0 Å². The summed E-state index contributed by atoms with van der Waals surface area (Å²) in [6.07, 6.45) is 1.53. The van der Waals surface area contributed by atoms with E-state index in [1.54, 1.807) is 12.1 Å². The first-order chi connectivity index (χ1) is 10.8. The number of piperazine rings is 1. The molecule has 1 fully saturated rings. The van der Waals surface area contributed by atoms with Gasteiger partial charge in [0.2, 0.25) is 0 Å². The Morgan fingerprint density at radius 2 is 1.77 bits per heavy atom. The molecule has 22 heavy (non-hydrogen) atoms. The topological polar surface area (TPSA) is 62.7 Å². The van der Waals surface area contributed by atoms with Crippen molar-refractivity contribution < 1.29 is 9.21 Å². The SMILES string of the molecule is NCc1ccccc1CN1CCN(C(=O)c2ccco2)CC1. The van der Waals surface area contributed by atoms with Crippen LogP contribution < -0.4 is 5.73 Å². The van der Waals surface area contributed by atoms with Crippen LogP contribution in [0.4, 0.5) is 0 Å². The van der Waals surface area contributed by atoms with E-state index in [2.05, 4.69) is 17.0 Å². The van der Waals surface area contributed by atoms with Crippen molar-refractivity contribution in [3.05, 3.63) is 59.5 Å². The van der Waals surface area contributed by atoms with E-state index >= 15 is 0 Å². The highest BCUT2D eigenvalue weighted by atomic mass is 16.3. The van der Waals surface area contributed by atoms with E-state index in [1.165, 1.54) is 17.4 Å². The van der Waals surface area contributed by atoms with Crippen LogP contribution in [0.5, 0.6) is 0 Å². The molecular formula is C17H21N3O2. The first-order valence-electron chi connectivity index (χ1n) is 7.60. The van der Waals surface area contributed by atoms with E-state index in [0.29, 0.717) is 12.3 Å². The van der Waals surface area contributed by atoms with Crippen LogP contribution in [-0.2, 0) is 13.1 Å². The second kappa shape index (κ2) is 6.77. The molecule has 0 saturated carbocycles. The van der Waals surface area contributed by atoms with Crippen LogP contribution >= 0.6 is 0 Å². The first kappa shape index (κ1) is 14.8. The third-order valence-electron chi connectivity index (χ3n) is 4.12. The molecule has 3 rings (SSSR count). The third kappa shape index (κ3) is 3.21. The van der Waals surface area contributed by atoms with Gasteiger partial charge < -0.3 is 15.1 Å². The maximum absolute atomic E-state index is 12.2. The van der Waals surface area contributed by atoms with Crippen molar-refractivity contribution in [2.45, 2.75) is 13.1 Å². The molecule has 0 atom stereocenters. The molecule has 0 spiro atoms. The van der Waals surface area contributed by atoms with Crippen molar-refractivity contribution in [1.82, 2.24) is 9.80 Å². The monoisotopic (exact) mass is 299 g/mol. The fourth-order valence-corrected chi connectivity index (χ4v) is 2.82. The van der Waals surface area contributed by atoms with Crippen LogP contribution in [0.1, 0.15) is 21.7 Å². The van der Waals surface area contributed by atoms with Gasteiger partial charge in [0.1, 0.15) is 0 Å². The standard InChI is InChI=1S/C17H21N3O2/c18-12-14-4-1-2-5-15(14)13-19-7-9-20(10-8-19)17(21)16-6-3-11-22-16/h1-6,11H,7-10,12-13,18H2. The molecule has 1 saturated heterocycles. The van der Waals surface area contributed by atoms with Crippen molar-refractivity contribution in [2.24, 2.45) is 5.73 Å². The van der Waals surface area contributed by atoms with Gasteiger partial charge in [0.25, 0.3) is 5.91 Å². The van der Waals surface area contributed by atoms with E-state index in [1.807, 2.05) is 17.0 Å². The van der Waals surface area contributed by atoms with Gasteiger partial charge in [-0.15, -0.1) is 0 Å². The Balaban J connectivity index is 1.57.